The zero-order chi connectivity index (χ0) is 13.7. The van der Waals surface area contributed by atoms with Gasteiger partial charge in [-0.05, 0) is 5.56 Å². The van der Waals surface area contributed by atoms with E-state index in [-0.39, 0.29) is 0 Å². The highest BCUT2D eigenvalue weighted by atomic mass is 16.4. The van der Waals surface area contributed by atoms with Crippen LogP contribution in [0, 0.1) is 0 Å². The quantitative estimate of drug-likeness (QED) is 0.417. The molecule has 100 valence electrons. The Bertz CT molecular complexity index is 379. The molecule has 0 aliphatic heterocycles. The molecule has 6 heteroatoms. The molecule has 1 aromatic rings. The predicted octanol–water partition coefficient (Wildman–Crippen LogP) is -1.64. The van der Waals surface area contributed by atoms with E-state index in [1.54, 1.807) is 18.2 Å². The van der Waals surface area contributed by atoms with Crippen LogP contribution in [0.3, 0.4) is 0 Å². The van der Waals surface area contributed by atoms with Crippen molar-refractivity contribution < 1.29 is 30.3 Å². The fourth-order valence-corrected chi connectivity index (χ4v) is 1.50. The third-order valence-corrected chi connectivity index (χ3v) is 2.62. The summed E-state index contributed by atoms with van der Waals surface area (Å²) in [6, 6.07) is 8.03. The Balaban J connectivity index is 2.75. The van der Waals surface area contributed by atoms with Crippen LogP contribution in [0.2, 0.25) is 0 Å². The van der Waals surface area contributed by atoms with Crippen molar-refractivity contribution in [3.8, 4) is 0 Å². The summed E-state index contributed by atoms with van der Waals surface area (Å²) in [5.74, 6) is -1.03. The van der Waals surface area contributed by atoms with E-state index >= 15 is 0 Å². The van der Waals surface area contributed by atoms with Gasteiger partial charge in [0.25, 0.3) is 0 Å². The van der Waals surface area contributed by atoms with Gasteiger partial charge in [-0.3, -0.25) is 4.79 Å². The Labute approximate surface area is 104 Å². The number of aliphatic hydroxyl groups excluding tert-OH is 5. The minimum absolute atomic E-state index is 0.340. The molecule has 0 saturated carbocycles. The van der Waals surface area contributed by atoms with Crippen molar-refractivity contribution >= 4 is 5.78 Å². The molecule has 0 saturated heterocycles. The Morgan fingerprint density at radius 3 is 2.06 bits per heavy atom. The van der Waals surface area contributed by atoms with Gasteiger partial charge in [0.05, 0.1) is 0 Å². The SMILES string of the molecule is O=C(CO)[C@H](O)[C@@H](O)[C@@H](O)[C@H](O)c1ccccc1. The van der Waals surface area contributed by atoms with E-state index in [9.17, 15) is 25.2 Å². The van der Waals surface area contributed by atoms with Crippen molar-refractivity contribution in [2.45, 2.75) is 24.4 Å². The number of Topliss-reactive ketones (excluding diaryl/α,β-unsaturated/α-hetero) is 1. The molecule has 18 heavy (non-hydrogen) atoms. The van der Waals surface area contributed by atoms with Crippen LogP contribution in [0.5, 0.6) is 0 Å². The Morgan fingerprint density at radius 2 is 1.56 bits per heavy atom. The molecular weight excluding hydrogens is 240 g/mol. The van der Waals surface area contributed by atoms with Crippen molar-refractivity contribution in [2.75, 3.05) is 6.61 Å². The second-order valence-corrected chi connectivity index (χ2v) is 3.91. The van der Waals surface area contributed by atoms with E-state index in [2.05, 4.69) is 0 Å². The number of carbonyl (C=O) groups excluding carboxylic acids is 1. The average Bonchev–Trinajstić information content (AvgIpc) is 2.44. The minimum Gasteiger partial charge on any atom is -0.388 e. The fourth-order valence-electron chi connectivity index (χ4n) is 1.50. The number of carbonyl (C=O) groups is 1. The van der Waals surface area contributed by atoms with Gasteiger partial charge >= 0.3 is 0 Å². The molecule has 0 spiro atoms. The molecule has 0 aliphatic rings. The van der Waals surface area contributed by atoms with Gasteiger partial charge in [-0.15, -0.1) is 0 Å². The van der Waals surface area contributed by atoms with Crippen molar-refractivity contribution in [2.24, 2.45) is 0 Å². The largest absolute Gasteiger partial charge is 0.388 e. The van der Waals surface area contributed by atoms with Gasteiger partial charge in [0.1, 0.15) is 31.0 Å². The molecule has 6 nitrogen and oxygen atoms in total. The first-order chi connectivity index (χ1) is 8.49. The normalized spacial score (nSPS) is 17.8. The van der Waals surface area contributed by atoms with Crippen LogP contribution in [0.4, 0.5) is 0 Å². The summed E-state index contributed by atoms with van der Waals surface area (Å²) < 4.78 is 0. The number of hydrogen-bond donors (Lipinski definition) is 5. The molecule has 0 amide bonds. The van der Waals surface area contributed by atoms with Crippen LogP contribution in [-0.2, 0) is 4.79 Å². The molecule has 0 fully saturated rings. The minimum atomic E-state index is -1.94. The first kappa shape index (κ1) is 14.7. The summed E-state index contributed by atoms with van der Waals surface area (Å²) >= 11 is 0. The fraction of sp³-hybridized carbons (Fsp3) is 0.417. The Kier molecular flexibility index (Phi) is 5.39. The lowest BCUT2D eigenvalue weighted by Gasteiger charge is -2.25. The smallest absolute Gasteiger partial charge is 0.189 e. The highest BCUT2D eigenvalue weighted by Gasteiger charge is 2.34. The van der Waals surface area contributed by atoms with Gasteiger partial charge < -0.3 is 25.5 Å². The van der Waals surface area contributed by atoms with Crippen molar-refractivity contribution in [1.29, 1.82) is 0 Å². The van der Waals surface area contributed by atoms with Gasteiger partial charge in [0.15, 0.2) is 5.78 Å². The van der Waals surface area contributed by atoms with Crippen LogP contribution in [0.25, 0.3) is 0 Å². The monoisotopic (exact) mass is 256 g/mol. The maximum atomic E-state index is 11.0. The van der Waals surface area contributed by atoms with Crippen molar-refractivity contribution in [3.63, 3.8) is 0 Å². The van der Waals surface area contributed by atoms with E-state index in [0.717, 1.165) is 0 Å². The van der Waals surface area contributed by atoms with Gasteiger partial charge in [-0.2, -0.15) is 0 Å². The third-order valence-electron chi connectivity index (χ3n) is 2.62. The number of rotatable bonds is 6. The second kappa shape index (κ2) is 6.58. The number of hydrogen-bond acceptors (Lipinski definition) is 6. The van der Waals surface area contributed by atoms with Gasteiger partial charge in [0.2, 0.25) is 0 Å². The third kappa shape index (κ3) is 3.34. The molecule has 1 aromatic carbocycles. The van der Waals surface area contributed by atoms with E-state index in [4.69, 9.17) is 5.11 Å². The number of benzene rings is 1. The van der Waals surface area contributed by atoms with Crippen LogP contribution in [0.1, 0.15) is 11.7 Å². The molecule has 0 aliphatic carbocycles. The first-order valence-electron chi connectivity index (χ1n) is 5.39. The van der Waals surface area contributed by atoms with Gasteiger partial charge in [-0.1, -0.05) is 30.3 Å². The summed E-state index contributed by atoms with van der Waals surface area (Å²) in [7, 11) is 0. The molecule has 0 heterocycles. The highest BCUT2D eigenvalue weighted by molar-refractivity contribution is 5.84. The molecule has 1 rings (SSSR count). The number of ketones is 1. The maximum absolute atomic E-state index is 11.0. The average molecular weight is 256 g/mol. The zero-order valence-electron chi connectivity index (χ0n) is 9.55. The van der Waals surface area contributed by atoms with Crippen LogP contribution in [0.15, 0.2) is 30.3 Å². The Morgan fingerprint density at radius 1 is 1.00 bits per heavy atom. The summed E-state index contributed by atoms with van der Waals surface area (Å²) in [4.78, 5) is 11.0. The molecule has 0 aromatic heterocycles. The lowest BCUT2D eigenvalue weighted by molar-refractivity contribution is -0.147. The van der Waals surface area contributed by atoms with Crippen molar-refractivity contribution in [3.05, 3.63) is 35.9 Å². The molecule has 0 radical (unpaired) electrons. The molecule has 4 atom stereocenters. The van der Waals surface area contributed by atoms with Crippen LogP contribution in [-0.4, -0.2) is 56.2 Å². The lowest BCUT2D eigenvalue weighted by atomic mass is 9.96. The van der Waals surface area contributed by atoms with E-state index in [1.807, 2.05) is 0 Å². The number of aliphatic hydroxyl groups is 5. The maximum Gasteiger partial charge on any atom is 0.189 e. The molecular formula is C12H16O6. The second-order valence-electron chi connectivity index (χ2n) is 3.91. The van der Waals surface area contributed by atoms with E-state index < -0.39 is 36.8 Å². The van der Waals surface area contributed by atoms with E-state index in [0.29, 0.717) is 5.56 Å². The lowest BCUT2D eigenvalue weighted by Crippen LogP contribution is -2.45. The van der Waals surface area contributed by atoms with E-state index in [1.165, 1.54) is 12.1 Å². The first-order valence-corrected chi connectivity index (χ1v) is 5.39. The Hall–Kier alpha value is -1.31. The standard InChI is InChI=1S/C12H16O6/c13-6-8(14)10(16)12(18)11(17)9(15)7-4-2-1-3-5-7/h1-5,9-13,15-18H,6H2/t9-,10+,11+,12-/m1/s1. The van der Waals surface area contributed by atoms with Gasteiger partial charge in [-0.25, -0.2) is 0 Å². The van der Waals surface area contributed by atoms with Gasteiger partial charge in [0, 0.05) is 0 Å². The molecule has 0 unspecified atom stereocenters. The van der Waals surface area contributed by atoms with Crippen molar-refractivity contribution in [1.82, 2.24) is 0 Å². The summed E-state index contributed by atoms with van der Waals surface area (Å²) in [6.07, 6.45) is -7.00. The van der Waals surface area contributed by atoms with Crippen LogP contribution < -0.4 is 0 Å². The highest BCUT2D eigenvalue weighted by Crippen LogP contribution is 2.20. The predicted molar refractivity (Wildman–Crippen MR) is 61.5 cm³/mol. The zero-order valence-corrected chi connectivity index (χ0v) is 9.55. The summed E-state index contributed by atoms with van der Waals surface area (Å²) in [6.45, 7) is -0.952. The molecule has 5 N–H and O–H groups in total. The van der Waals surface area contributed by atoms with Crippen LogP contribution >= 0.6 is 0 Å². The summed E-state index contributed by atoms with van der Waals surface area (Å²) in [5.41, 5.74) is 0.340. The summed E-state index contributed by atoms with van der Waals surface area (Å²) in [5, 5.41) is 46.8. The molecule has 0 bridgehead atoms. The topological polar surface area (TPSA) is 118 Å².